The van der Waals surface area contributed by atoms with E-state index >= 15 is 0 Å². The number of aromatic nitrogens is 2. The Morgan fingerprint density at radius 3 is 2.84 bits per heavy atom. The van der Waals surface area contributed by atoms with E-state index in [1.807, 2.05) is 0 Å². The predicted octanol–water partition coefficient (Wildman–Crippen LogP) is 7.41. The fourth-order valence-electron chi connectivity index (χ4n) is 5.58. The zero-order chi connectivity index (χ0) is 22.3. The minimum Gasteiger partial charge on any atom is -0.440 e. The molecule has 4 nitrogen and oxygen atoms in total. The molecule has 3 saturated carbocycles. The number of alkyl halides is 3. The average molecular weight is 463 g/mol. The Hall–Kier alpha value is -2.35. The lowest BCUT2D eigenvalue weighted by Crippen LogP contribution is -2.19. The van der Waals surface area contributed by atoms with Crippen LogP contribution in [-0.2, 0) is 6.42 Å². The third-order valence-corrected chi connectivity index (χ3v) is 7.74. The van der Waals surface area contributed by atoms with E-state index in [1.54, 1.807) is 11.6 Å². The number of oxazole rings is 1. The van der Waals surface area contributed by atoms with Gasteiger partial charge in [0.2, 0.25) is 0 Å². The van der Waals surface area contributed by atoms with Crippen molar-refractivity contribution >= 4 is 22.4 Å². The first-order valence-corrected chi connectivity index (χ1v) is 12.0. The van der Waals surface area contributed by atoms with Crippen LogP contribution in [0.15, 0.2) is 40.8 Å². The van der Waals surface area contributed by atoms with E-state index in [-0.39, 0.29) is 5.75 Å². The van der Waals surface area contributed by atoms with E-state index in [2.05, 4.69) is 27.4 Å². The molecule has 8 heteroatoms. The second-order valence-corrected chi connectivity index (χ2v) is 9.92. The average Bonchev–Trinajstić information content (AvgIpc) is 3.33. The number of benzene rings is 1. The van der Waals surface area contributed by atoms with Crippen LogP contribution in [0, 0.1) is 23.7 Å². The number of halogens is 3. The van der Waals surface area contributed by atoms with Crippen molar-refractivity contribution in [2.24, 2.45) is 23.7 Å². The van der Waals surface area contributed by atoms with Gasteiger partial charge >= 0.3 is 6.36 Å². The van der Waals surface area contributed by atoms with Crippen molar-refractivity contribution in [2.45, 2.75) is 51.3 Å². The molecule has 3 aliphatic rings. The minimum absolute atomic E-state index is 0.314. The molecular formula is C24H25F3N2O2S. The van der Waals surface area contributed by atoms with Crippen LogP contribution in [0.25, 0.3) is 21.7 Å². The molecule has 170 valence electrons. The lowest BCUT2D eigenvalue weighted by molar-refractivity contribution is -0.274. The maximum atomic E-state index is 12.8. The summed E-state index contributed by atoms with van der Waals surface area (Å²) in [5.41, 5.74) is 1.29. The van der Waals surface area contributed by atoms with E-state index in [9.17, 15) is 13.2 Å². The summed E-state index contributed by atoms with van der Waals surface area (Å²) in [4.78, 5) is 8.75. The van der Waals surface area contributed by atoms with Crippen LogP contribution in [0.5, 0.6) is 5.75 Å². The molecule has 3 fully saturated rings. The van der Waals surface area contributed by atoms with Gasteiger partial charge in [-0.15, -0.1) is 31.1 Å². The van der Waals surface area contributed by atoms with E-state index in [0.29, 0.717) is 45.8 Å². The second kappa shape index (κ2) is 8.54. The first-order valence-electron chi connectivity index (χ1n) is 11.1. The van der Waals surface area contributed by atoms with Crippen molar-refractivity contribution in [3.05, 3.63) is 42.3 Å². The Morgan fingerprint density at radius 1 is 1.22 bits per heavy atom. The molecule has 6 rings (SSSR count). The first-order chi connectivity index (χ1) is 15.4. The molecule has 2 bridgehead atoms. The first kappa shape index (κ1) is 21.5. The van der Waals surface area contributed by atoms with Gasteiger partial charge < -0.3 is 9.15 Å². The largest absolute Gasteiger partial charge is 0.573 e. The molecule has 32 heavy (non-hydrogen) atoms. The zero-order valence-electron chi connectivity index (χ0n) is 17.6. The molecule has 3 aromatic rings. The van der Waals surface area contributed by atoms with Crippen LogP contribution < -0.4 is 4.74 Å². The molecule has 1 aromatic carbocycles. The quantitative estimate of drug-likeness (QED) is 0.358. The highest BCUT2D eigenvalue weighted by Gasteiger charge is 2.36. The second-order valence-electron chi connectivity index (χ2n) is 9.03. The van der Waals surface area contributed by atoms with E-state index < -0.39 is 6.36 Å². The topological polar surface area (TPSA) is 48.2 Å². The van der Waals surface area contributed by atoms with Gasteiger partial charge in [0.1, 0.15) is 16.3 Å². The lowest BCUT2D eigenvalue weighted by atomic mass is 9.76. The summed E-state index contributed by atoms with van der Waals surface area (Å²) in [5, 5.41) is 2.34. The molecule has 3 aliphatic carbocycles. The van der Waals surface area contributed by atoms with Crippen LogP contribution in [-0.4, -0.2) is 16.3 Å². The number of hydrogen-bond donors (Lipinski definition) is 0. The summed E-state index contributed by atoms with van der Waals surface area (Å²) >= 11 is 1.33. The molecule has 0 amide bonds. The molecule has 0 spiro atoms. The molecular weight excluding hydrogens is 437 g/mol. The van der Waals surface area contributed by atoms with Gasteiger partial charge in [-0.05, 0) is 61.8 Å². The Morgan fingerprint density at radius 2 is 2.09 bits per heavy atom. The van der Waals surface area contributed by atoms with Crippen molar-refractivity contribution in [2.75, 3.05) is 0 Å². The molecule has 0 radical (unpaired) electrons. The molecule has 2 aromatic heterocycles. The third-order valence-electron chi connectivity index (χ3n) is 6.93. The predicted molar refractivity (Wildman–Crippen MR) is 117 cm³/mol. The van der Waals surface area contributed by atoms with Crippen LogP contribution in [0.1, 0.15) is 44.4 Å². The number of nitrogens with zero attached hydrogens (tertiary/aromatic N) is 2. The lowest BCUT2D eigenvalue weighted by Gasteiger charge is -2.30. The van der Waals surface area contributed by atoms with Crippen LogP contribution in [0.3, 0.4) is 0 Å². The summed E-state index contributed by atoms with van der Waals surface area (Å²) in [5.74, 6) is 2.98. The van der Waals surface area contributed by atoms with Gasteiger partial charge in [0.05, 0.1) is 5.56 Å². The smallest absolute Gasteiger partial charge is 0.440 e. The van der Waals surface area contributed by atoms with Crippen molar-refractivity contribution in [1.82, 2.24) is 9.97 Å². The number of fused-ring (bicyclic) bond motifs is 5. The van der Waals surface area contributed by atoms with Crippen molar-refractivity contribution in [1.29, 1.82) is 0 Å². The number of aryl methyl sites for hydroxylation is 1. The van der Waals surface area contributed by atoms with Gasteiger partial charge in [-0.3, -0.25) is 0 Å². The standard InChI is InChI=1S/C24H25F3N2O2S/c1-2-16-10-14-3-5-17(16)11-15(9-14)4-6-21-29-20-13-18(31-24(25,26)27)12-19(22(20)30-21)23-28-7-8-32-23/h2,7-8,12-17H,1,3-6,9-11H2. The highest BCUT2D eigenvalue weighted by atomic mass is 32.1. The monoisotopic (exact) mass is 462 g/mol. The Balaban J connectivity index is 1.38. The van der Waals surface area contributed by atoms with Crippen LogP contribution in [0.4, 0.5) is 13.2 Å². The van der Waals surface area contributed by atoms with Crippen molar-refractivity contribution in [3.63, 3.8) is 0 Å². The van der Waals surface area contributed by atoms with Crippen molar-refractivity contribution in [3.8, 4) is 16.3 Å². The summed E-state index contributed by atoms with van der Waals surface area (Å²) in [6, 6.07) is 2.61. The summed E-state index contributed by atoms with van der Waals surface area (Å²) in [7, 11) is 0. The van der Waals surface area contributed by atoms with E-state index in [1.165, 1.54) is 55.6 Å². The number of allylic oxidation sites excluding steroid dienone is 1. The molecule has 0 saturated heterocycles. The molecule has 0 aliphatic heterocycles. The van der Waals surface area contributed by atoms with Gasteiger partial charge in [0, 0.05) is 24.1 Å². The van der Waals surface area contributed by atoms with E-state index in [0.717, 1.165) is 18.3 Å². The van der Waals surface area contributed by atoms with Crippen LogP contribution >= 0.6 is 11.3 Å². The van der Waals surface area contributed by atoms with Crippen LogP contribution in [0.2, 0.25) is 0 Å². The highest BCUT2D eigenvalue weighted by Crippen LogP contribution is 2.46. The Labute approximate surface area is 188 Å². The molecule has 2 heterocycles. The third kappa shape index (κ3) is 4.56. The van der Waals surface area contributed by atoms with Gasteiger partial charge in [0.25, 0.3) is 0 Å². The zero-order valence-corrected chi connectivity index (χ0v) is 18.4. The maximum Gasteiger partial charge on any atom is 0.573 e. The van der Waals surface area contributed by atoms with Gasteiger partial charge in [0.15, 0.2) is 11.5 Å². The number of ether oxygens (including phenoxy) is 1. The van der Waals surface area contributed by atoms with Gasteiger partial charge in [-0.2, -0.15) is 0 Å². The summed E-state index contributed by atoms with van der Waals surface area (Å²) in [6.45, 7) is 4.04. The maximum absolute atomic E-state index is 12.8. The van der Waals surface area contributed by atoms with E-state index in [4.69, 9.17) is 4.42 Å². The summed E-state index contributed by atoms with van der Waals surface area (Å²) in [6.07, 6.45) is 6.92. The van der Waals surface area contributed by atoms with Crippen molar-refractivity contribution < 1.29 is 22.3 Å². The normalized spacial score (nSPS) is 25.7. The molecule has 4 atom stereocenters. The SMILES string of the molecule is C=CC1CC2CCC1CC(CCc1nc3cc(OC(F)(F)F)cc(-c4nccs4)c3o1)C2. The fraction of sp³-hybridized carbons (Fsp3) is 0.500. The van der Waals surface area contributed by atoms with Gasteiger partial charge in [-0.25, -0.2) is 9.97 Å². The highest BCUT2D eigenvalue weighted by molar-refractivity contribution is 7.13. The molecule has 4 unspecified atom stereocenters. The fourth-order valence-corrected chi connectivity index (χ4v) is 6.23. The number of hydrogen-bond acceptors (Lipinski definition) is 5. The Bertz CT molecular complexity index is 1090. The molecule has 0 N–H and O–H groups in total. The number of thiazole rings is 1. The minimum atomic E-state index is -4.78. The van der Waals surface area contributed by atoms with Gasteiger partial charge in [-0.1, -0.05) is 12.5 Å². The summed E-state index contributed by atoms with van der Waals surface area (Å²) < 4.78 is 48.7. The Kier molecular flexibility index (Phi) is 5.73. The number of rotatable bonds is 6.